The third-order valence-corrected chi connectivity index (χ3v) is 5.32. The summed E-state index contributed by atoms with van der Waals surface area (Å²) in [5.74, 6) is 0.393. The first-order chi connectivity index (χ1) is 11.3. The van der Waals surface area contributed by atoms with Crippen molar-refractivity contribution in [2.24, 2.45) is 0 Å². The average Bonchev–Trinajstić information content (AvgIpc) is 2.62. The number of aryl methyl sites for hydroxylation is 1. The summed E-state index contributed by atoms with van der Waals surface area (Å²) in [7, 11) is 0. The lowest BCUT2D eigenvalue weighted by atomic mass is 9.86. The molecule has 2 aromatic carbocycles. The van der Waals surface area contributed by atoms with Gasteiger partial charge in [-0.2, -0.15) is 0 Å². The molecular weight excluding hydrogens is 284 g/mol. The summed E-state index contributed by atoms with van der Waals surface area (Å²) in [6.07, 6.45) is 3.79. The fraction of sp³-hybridized carbons (Fsp3) is 0.400. The molecule has 1 aliphatic heterocycles. The molecule has 1 saturated heterocycles. The van der Waals surface area contributed by atoms with Gasteiger partial charge in [-0.3, -0.25) is 4.90 Å². The van der Waals surface area contributed by atoms with Gasteiger partial charge in [0.25, 0.3) is 0 Å². The maximum absolute atomic E-state index is 10.1. The van der Waals surface area contributed by atoms with Crippen LogP contribution < -0.4 is 4.90 Å². The minimum absolute atomic E-state index is 0.393. The topological polar surface area (TPSA) is 26.7 Å². The Balaban J connectivity index is 1.48. The van der Waals surface area contributed by atoms with Crippen LogP contribution in [0.5, 0.6) is 5.75 Å². The Hall–Kier alpha value is -2.00. The molecule has 1 N–H and O–H groups in total. The summed E-state index contributed by atoms with van der Waals surface area (Å²) < 4.78 is 0. The van der Waals surface area contributed by atoms with Gasteiger partial charge in [-0.05, 0) is 42.5 Å². The molecule has 4 rings (SSSR count). The molecule has 120 valence electrons. The highest BCUT2D eigenvalue weighted by atomic mass is 16.3. The van der Waals surface area contributed by atoms with Crippen molar-refractivity contribution >= 4 is 5.69 Å². The van der Waals surface area contributed by atoms with Crippen molar-refractivity contribution in [1.29, 1.82) is 0 Å². The summed E-state index contributed by atoms with van der Waals surface area (Å²) in [6, 6.07) is 17.2. The second-order valence-electron chi connectivity index (χ2n) is 6.62. The number of para-hydroxylation sites is 2. The normalized spacial score (nSPS) is 21.9. The van der Waals surface area contributed by atoms with E-state index in [0.717, 1.165) is 31.9 Å². The highest BCUT2D eigenvalue weighted by Crippen LogP contribution is 2.35. The van der Waals surface area contributed by atoms with Gasteiger partial charge in [0, 0.05) is 32.2 Å². The quantitative estimate of drug-likeness (QED) is 0.918. The van der Waals surface area contributed by atoms with Crippen LogP contribution in [-0.2, 0) is 6.42 Å². The molecule has 0 radical (unpaired) electrons. The second-order valence-corrected chi connectivity index (χ2v) is 6.62. The molecule has 1 atom stereocenters. The molecule has 1 fully saturated rings. The SMILES string of the molecule is Oc1ccccc1N1CCN(C2CCCc3ccccc32)CC1. The molecule has 2 aliphatic rings. The molecule has 1 unspecified atom stereocenters. The Bertz CT molecular complexity index is 677. The van der Waals surface area contributed by atoms with Gasteiger partial charge in [-0.1, -0.05) is 36.4 Å². The van der Waals surface area contributed by atoms with Gasteiger partial charge in [0.15, 0.2) is 0 Å². The van der Waals surface area contributed by atoms with E-state index < -0.39 is 0 Å². The third-order valence-electron chi connectivity index (χ3n) is 5.32. The summed E-state index contributed by atoms with van der Waals surface area (Å²) >= 11 is 0. The van der Waals surface area contributed by atoms with Crippen LogP contribution >= 0.6 is 0 Å². The third kappa shape index (κ3) is 2.81. The molecule has 2 aromatic rings. The maximum atomic E-state index is 10.1. The molecule has 0 spiro atoms. The van der Waals surface area contributed by atoms with Gasteiger partial charge in [0.1, 0.15) is 5.75 Å². The predicted octanol–water partition coefficient (Wildman–Crippen LogP) is 3.59. The molecular formula is C20H24N2O. The van der Waals surface area contributed by atoms with E-state index in [4.69, 9.17) is 0 Å². The van der Waals surface area contributed by atoms with E-state index >= 15 is 0 Å². The van der Waals surface area contributed by atoms with E-state index in [1.54, 1.807) is 6.07 Å². The van der Waals surface area contributed by atoms with Crippen molar-refractivity contribution in [2.45, 2.75) is 25.3 Å². The number of rotatable bonds is 2. The number of fused-ring (bicyclic) bond motifs is 1. The zero-order valence-corrected chi connectivity index (χ0v) is 13.5. The molecule has 3 nitrogen and oxygen atoms in total. The fourth-order valence-corrected chi connectivity index (χ4v) is 4.11. The van der Waals surface area contributed by atoms with Crippen molar-refractivity contribution in [3.8, 4) is 5.75 Å². The van der Waals surface area contributed by atoms with Crippen molar-refractivity contribution in [3.63, 3.8) is 0 Å². The molecule has 23 heavy (non-hydrogen) atoms. The molecule has 0 amide bonds. The Morgan fingerprint density at radius 1 is 0.870 bits per heavy atom. The van der Waals surface area contributed by atoms with Gasteiger partial charge in [-0.25, -0.2) is 0 Å². The molecule has 3 heteroatoms. The van der Waals surface area contributed by atoms with E-state index in [0.29, 0.717) is 11.8 Å². The summed E-state index contributed by atoms with van der Waals surface area (Å²) in [5.41, 5.74) is 4.04. The van der Waals surface area contributed by atoms with E-state index in [1.807, 2.05) is 18.2 Å². The van der Waals surface area contributed by atoms with Crippen LogP contribution in [0.1, 0.15) is 30.0 Å². The molecule has 1 aliphatic carbocycles. The van der Waals surface area contributed by atoms with Crippen LogP contribution in [0.25, 0.3) is 0 Å². The number of nitrogens with zero attached hydrogens (tertiary/aromatic N) is 2. The van der Waals surface area contributed by atoms with Crippen LogP contribution in [0.15, 0.2) is 48.5 Å². The number of piperazine rings is 1. The minimum Gasteiger partial charge on any atom is -0.506 e. The number of anilines is 1. The Kier molecular flexibility index (Phi) is 3.96. The molecule has 0 bridgehead atoms. The van der Waals surface area contributed by atoms with Crippen LogP contribution in [0.4, 0.5) is 5.69 Å². The average molecular weight is 308 g/mol. The van der Waals surface area contributed by atoms with Crippen LogP contribution in [-0.4, -0.2) is 36.2 Å². The molecule has 0 saturated carbocycles. The zero-order chi connectivity index (χ0) is 15.6. The fourth-order valence-electron chi connectivity index (χ4n) is 4.11. The van der Waals surface area contributed by atoms with Gasteiger partial charge in [0.2, 0.25) is 0 Å². The highest BCUT2D eigenvalue weighted by Gasteiger charge is 2.28. The van der Waals surface area contributed by atoms with Crippen molar-refractivity contribution in [3.05, 3.63) is 59.7 Å². The lowest BCUT2D eigenvalue weighted by Gasteiger charge is -2.42. The number of hydrogen-bond acceptors (Lipinski definition) is 3. The summed E-state index contributed by atoms with van der Waals surface area (Å²) in [6.45, 7) is 4.09. The molecule has 1 heterocycles. The number of aromatic hydroxyl groups is 1. The number of hydrogen-bond donors (Lipinski definition) is 1. The smallest absolute Gasteiger partial charge is 0.138 e. The Morgan fingerprint density at radius 2 is 1.61 bits per heavy atom. The first kappa shape index (κ1) is 14.6. The van der Waals surface area contributed by atoms with Crippen molar-refractivity contribution in [1.82, 2.24) is 4.90 Å². The van der Waals surface area contributed by atoms with Gasteiger partial charge >= 0.3 is 0 Å². The van der Waals surface area contributed by atoms with Crippen LogP contribution in [0, 0.1) is 0 Å². The van der Waals surface area contributed by atoms with Crippen molar-refractivity contribution in [2.75, 3.05) is 31.1 Å². The molecule has 0 aromatic heterocycles. The first-order valence-corrected chi connectivity index (χ1v) is 8.68. The Morgan fingerprint density at radius 3 is 2.43 bits per heavy atom. The number of phenols is 1. The van der Waals surface area contributed by atoms with E-state index in [1.165, 1.54) is 30.4 Å². The zero-order valence-electron chi connectivity index (χ0n) is 13.5. The Labute approximate surface area is 138 Å². The van der Waals surface area contributed by atoms with E-state index in [-0.39, 0.29) is 0 Å². The standard InChI is InChI=1S/C20H24N2O/c23-20-11-4-3-9-19(20)22-14-12-21(13-15-22)18-10-5-7-16-6-1-2-8-17(16)18/h1-4,6,8-9,11,18,23H,5,7,10,12-15H2. The van der Waals surface area contributed by atoms with E-state index in [9.17, 15) is 5.11 Å². The monoisotopic (exact) mass is 308 g/mol. The van der Waals surface area contributed by atoms with E-state index in [2.05, 4.69) is 34.1 Å². The lowest BCUT2D eigenvalue weighted by Crippen LogP contribution is -2.48. The minimum atomic E-state index is 0.393. The second kappa shape index (κ2) is 6.25. The maximum Gasteiger partial charge on any atom is 0.138 e. The summed E-state index contributed by atoms with van der Waals surface area (Å²) in [4.78, 5) is 4.94. The van der Waals surface area contributed by atoms with Crippen molar-refractivity contribution < 1.29 is 5.11 Å². The van der Waals surface area contributed by atoms with Crippen LogP contribution in [0.3, 0.4) is 0 Å². The highest BCUT2D eigenvalue weighted by molar-refractivity contribution is 5.57. The van der Waals surface area contributed by atoms with Crippen LogP contribution in [0.2, 0.25) is 0 Å². The largest absolute Gasteiger partial charge is 0.506 e. The first-order valence-electron chi connectivity index (χ1n) is 8.68. The number of phenolic OH excluding ortho intramolecular Hbond substituents is 1. The lowest BCUT2D eigenvalue weighted by molar-refractivity contribution is 0.168. The van der Waals surface area contributed by atoms with Gasteiger partial charge in [-0.15, -0.1) is 0 Å². The van der Waals surface area contributed by atoms with Gasteiger partial charge in [0.05, 0.1) is 5.69 Å². The summed E-state index contributed by atoms with van der Waals surface area (Å²) in [5, 5.41) is 10.1. The number of benzene rings is 2. The van der Waals surface area contributed by atoms with Gasteiger partial charge < -0.3 is 10.0 Å². The predicted molar refractivity (Wildman–Crippen MR) is 94.0 cm³/mol.